The van der Waals surface area contributed by atoms with Gasteiger partial charge in [0.05, 0.1) is 0 Å². The van der Waals surface area contributed by atoms with E-state index in [4.69, 9.17) is 4.74 Å². The van der Waals surface area contributed by atoms with Crippen LogP contribution < -0.4 is 5.32 Å². The number of likely N-dealkylation sites (N-methyl/N-ethyl adjacent to an activating group) is 1. The van der Waals surface area contributed by atoms with Crippen LogP contribution >= 0.6 is 0 Å². The molecule has 8 heteroatoms. The van der Waals surface area contributed by atoms with Crippen molar-refractivity contribution in [2.45, 2.75) is 43.7 Å². The molecule has 8 nitrogen and oxygen atoms in total. The molecule has 2 N–H and O–H groups in total. The Morgan fingerprint density at radius 3 is 2.26 bits per heavy atom. The van der Waals surface area contributed by atoms with Crippen molar-refractivity contribution in [2.24, 2.45) is 0 Å². The van der Waals surface area contributed by atoms with Crippen LogP contribution in [0.3, 0.4) is 0 Å². The zero-order valence-electron chi connectivity index (χ0n) is 20.5. The maximum Gasteiger partial charge on any atom is 0.407 e. The first-order valence-corrected chi connectivity index (χ1v) is 12.1. The van der Waals surface area contributed by atoms with Gasteiger partial charge in [-0.3, -0.25) is 4.79 Å². The number of carbonyl (C=O) groups is 3. The minimum absolute atomic E-state index is 0.0884. The molecule has 1 saturated heterocycles. The average molecular weight is 480 g/mol. The number of hydrogen-bond acceptors (Lipinski definition) is 5. The maximum absolute atomic E-state index is 13.4. The van der Waals surface area contributed by atoms with Gasteiger partial charge in [-0.25, -0.2) is 9.59 Å². The Kier molecular flexibility index (Phi) is 7.12. The highest BCUT2D eigenvalue weighted by atomic mass is 16.5. The smallest absolute Gasteiger partial charge is 0.407 e. The maximum atomic E-state index is 13.4. The number of carboxylic acids is 1. The first kappa shape index (κ1) is 24.7. The van der Waals surface area contributed by atoms with Crippen molar-refractivity contribution in [3.05, 3.63) is 59.7 Å². The molecule has 0 saturated carbocycles. The van der Waals surface area contributed by atoms with E-state index in [-0.39, 0.29) is 19.1 Å². The summed E-state index contributed by atoms with van der Waals surface area (Å²) >= 11 is 0. The highest BCUT2D eigenvalue weighted by molar-refractivity contribution is 5.92. The first-order valence-electron chi connectivity index (χ1n) is 12.1. The van der Waals surface area contributed by atoms with Crippen LogP contribution in [0.25, 0.3) is 11.1 Å². The summed E-state index contributed by atoms with van der Waals surface area (Å²) < 4.78 is 5.63. The van der Waals surface area contributed by atoms with Crippen LogP contribution in [-0.4, -0.2) is 78.2 Å². The van der Waals surface area contributed by atoms with Crippen LogP contribution in [0.15, 0.2) is 48.5 Å². The number of likely N-dealkylation sites (tertiary alicyclic amines) is 1. The Morgan fingerprint density at radius 2 is 1.71 bits per heavy atom. The van der Waals surface area contributed by atoms with Crippen molar-refractivity contribution < 1.29 is 24.2 Å². The molecule has 0 spiro atoms. The molecule has 35 heavy (non-hydrogen) atoms. The normalized spacial score (nSPS) is 19.8. The van der Waals surface area contributed by atoms with Crippen molar-refractivity contribution >= 4 is 18.0 Å². The van der Waals surface area contributed by atoms with Crippen molar-refractivity contribution in [1.29, 1.82) is 0 Å². The molecule has 1 fully saturated rings. The zero-order chi connectivity index (χ0) is 25.2. The van der Waals surface area contributed by atoms with Gasteiger partial charge in [0, 0.05) is 19.0 Å². The number of benzene rings is 2. The molecule has 0 aromatic heterocycles. The van der Waals surface area contributed by atoms with Crippen LogP contribution in [-0.2, 0) is 14.3 Å². The number of aliphatic carboxylic acids is 1. The van der Waals surface area contributed by atoms with E-state index in [9.17, 15) is 19.5 Å². The molecule has 1 heterocycles. The predicted molar refractivity (Wildman–Crippen MR) is 132 cm³/mol. The lowest BCUT2D eigenvalue weighted by molar-refractivity contribution is -0.157. The number of carboxylic acid groups (broad SMARTS) is 1. The van der Waals surface area contributed by atoms with E-state index in [1.165, 1.54) is 4.90 Å². The summed E-state index contributed by atoms with van der Waals surface area (Å²) in [7, 11) is 3.60. The number of nitrogens with zero attached hydrogens (tertiary/aromatic N) is 2. The Labute approximate surface area is 205 Å². The van der Waals surface area contributed by atoms with Gasteiger partial charge in [0.15, 0.2) is 0 Å². The summed E-state index contributed by atoms with van der Waals surface area (Å²) in [6, 6.07) is 15.3. The van der Waals surface area contributed by atoms with Gasteiger partial charge in [0.25, 0.3) is 0 Å². The Morgan fingerprint density at radius 1 is 1.11 bits per heavy atom. The molecular weight excluding hydrogens is 446 g/mol. The summed E-state index contributed by atoms with van der Waals surface area (Å²) in [6.07, 6.45) is 0.646. The van der Waals surface area contributed by atoms with Gasteiger partial charge in [0.2, 0.25) is 5.91 Å². The fourth-order valence-electron chi connectivity index (χ4n) is 5.46. The second-order valence-corrected chi connectivity index (χ2v) is 9.57. The lowest BCUT2D eigenvalue weighted by Crippen LogP contribution is -2.60. The molecule has 1 aliphatic heterocycles. The van der Waals surface area contributed by atoms with Crippen molar-refractivity contribution in [3.63, 3.8) is 0 Å². The lowest BCUT2D eigenvalue weighted by Gasteiger charge is -2.36. The third-order valence-electron chi connectivity index (χ3n) is 7.22. The van der Waals surface area contributed by atoms with E-state index >= 15 is 0 Å². The molecule has 1 aliphatic carbocycles. The van der Waals surface area contributed by atoms with Gasteiger partial charge in [-0.05, 0) is 55.6 Å². The second-order valence-electron chi connectivity index (χ2n) is 9.57. The minimum Gasteiger partial charge on any atom is -0.479 e. The summed E-state index contributed by atoms with van der Waals surface area (Å²) in [6.45, 7) is 2.51. The topological polar surface area (TPSA) is 99.2 Å². The molecule has 4 rings (SSSR count). The van der Waals surface area contributed by atoms with E-state index in [0.29, 0.717) is 25.8 Å². The van der Waals surface area contributed by atoms with Crippen LogP contribution in [0.4, 0.5) is 4.79 Å². The summed E-state index contributed by atoms with van der Waals surface area (Å²) in [5.74, 6) is -1.49. The number of alkyl carbamates (subject to hydrolysis) is 1. The van der Waals surface area contributed by atoms with Crippen LogP contribution in [0.5, 0.6) is 0 Å². The quantitative estimate of drug-likeness (QED) is 0.603. The van der Waals surface area contributed by atoms with E-state index < -0.39 is 29.6 Å². The second kappa shape index (κ2) is 10.1. The fourth-order valence-corrected chi connectivity index (χ4v) is 5.46. The molecule has 1 unspecified atom stereocenters. The minimum atomic E-state index is -1.23. The zero-order valence-corrected chi connectivity index (χ0v) is 20.5. The van der Waals surface area contributed by atoms with Crippen LogP contribution in [0.1, 0.15) is 43.2 Å². The summed E-state index contributed by atoms with van der Waals surface area (Å²) in [4.78, 5) is 41.6. The van der Waals surface area contributed by atoms with Crippen molar-refractivity contribution in [3.8, 4) is 11.1 Å². The molecule has 2 aromatic carbocycles. The third-order valence-corrected chi connectivity index (χ3v) is 7.22. The van der Waals surface area contributed by atoms with E-state index in [1.54, 1.807) is 25.9 Å². The van der Waals surface area contributed by atoms with E-state index in [0.717, 1.165) is 22.3 Å². The number of nitrogens with one attached hydrogen (secondary N) is 1. The van der Waals surface area contributed by atoms with Crippen molar-refractivity contribution in [1.82, 2.24) is 15.1 Å². The molecule has 2 amide bonds. The Balaban J connectivity index is 1.47. The number of amides is 2. The fraction of sp³-hybridized carbons (Fsp3) is 0.444. The average Bonchev–Trinajstić information content (AvgIpc) is 3.42. The highest BCUT2D eigenvalue weighted by Crippen LogP contribution is 2.44. The highest BCUT2D eigenvalue weighted by Gasteiger charge is 2.50. The number of fused-ring (bicyclic) bond motifs is 3. The van der Waals surface area contributed by atoms with Gasteiger partial charge in [-0.2, -0.15) is 0 Å². The summed E-state index contributed by atoms with van der Waals surface area (Å²) in [5, 5.41) is 12.6. The Hall–Kier alpha value is -3.39. The molecule has 0 bridgehead atoms. The standard InChI is InChI=1S/C27H33N3O5/c1-4-27(25(32)33)14-9-15-30(27)24(31)23(16-29(2)3)28-26(34)35-17-22-20-12-7-5-10-18(20)19-11-6-8-13-21(19)22/h5-8,10-13,22-23H,4,9,14-17H2,1-3H3,(H,28,34)(H,32,33)/t23-,27?/m0/s1. The van der Waals surface area contributed by atoms with Crippen LogP contribution in [0.2, 0.25) is 0 Å². The molecule has 186 valence electrons. The lowest BCUT2D eigenvalue weighted by atomic mass is 9.92. The third kappa shape index (κ3) is 4.62. The van der Waals surface area contributed by atoms with E-state index in [1.807, 2.05) is 36.4 Å². The van der Waals surface area contributed by atoms with Gasteiger partial charge < -0.3 is 25.0 Å². The van der Waals surface area contributed by atoms with Gasteiger partial charge >= 0.3 is 12.1 Å². The van der Waals surface area contributed by atoms with Gasteiger partial charge in [-0.1, -0.05) is 55.5 Å². The first-order chi connectivity index (χ1) is 16.8. The number of rotatable bonds is 8. The number of carbonyl (C=O) groups excluding carboxylic acids is 2. The summed E-state index contributed by atoms with van der Waals surface area (Å²) in [5.41, 5.74) is 3.25. The largest absolute Gasteiger partial charge is 0.479 e. The van der Waals surface area contributed by atoms with Crippen molar-refractivity contribution in [2.75, 3.05) is 33.8 Å². The van der Waals surface area contributed by atoms with E-state index in [2.05, 4.69) is 17.4 Å². The molecule has 2 atom stereocenters. The predicted octanol–water partition coefficient (Wildman–Crippen LogP) is 3.31. The number of ether oxygens (including phenoxy) is 1. The number of hydrogen-bond donors (Lipinski definition) is 2. The molecule has 2 aromatic rings. The Bertz CT molecular complexity index is 1070. The molecule has 2 aliphatic rings. The monoisotopic (exact) mass is 479 g/mol. The van der Waals surface area contributed by atoms with Gasteiger partial charge in [0.1, 0.15) is 18.2 Å². The van der Waals surface area contributed by atoms with Gasteiger partial charge in [-0.15, -0.1) is 0 Å². The van der Waals surface area contributed by atoms with Crippen LogP contribution in [0, 0.1) is 0 Å². The SMILES string of the molecule is CCC1(C(=O)O)CCCN1C(=O)[C@H](CN(C)C)NC(=O)OCC1c2ccccc2-c2ccccc21. The molecular formula is C27H33N3O5. The molecule has 0 radical (unpaired) electrons.